The van der Waals surface area contributed by atoms with Crippen molar-refractivity contribution in [1.82, 2.24) is 10.2 Å². The first-order valence-electron chi connectivity index (χ1n) is 8.45. The van der Waals surface area contributed by atoms with Gasteiger partial charge in [0.05, 0.1) is 0 Å². The standard InChI is InChI=1S/C18H26N2/c1-2-5-14(6-3-1)18(15-8-9-15)19-16-10-12-20-11-4-7-17(20)13-16/h1-3,5-6,15-19H,4,7-13H2. The van der Waals surface area contributed by atoms with E-state index in [0.29, 0.717) is 6.04 Å². The highest BCUT2D eigenvalue weighted by atomic mass is 15.2. The number of nitrogens with zero attached hydrogens (tertiary/aromatic N) is 1. The van der Waals surface area contributed by atoms with E-state index < -0.39 is 0 Å². The number of hydrogen-bond acceptors (Lipinski definition) is 2. The van der Waals surface area contributed by atoms with Crippen LogP contribution in [0, 0.1) is 5.92 Å². The van der Waals surface area contributed by atoms with Gasteiger partial charge < -0.3 is 10.2 Å². The number of hydrogen-bond donors (Lipinski definition) is 1. The molecule has 1 N–H and O–H groups in total. The third-order valence-corrected chi connectivity index (χ3v) is 5.49. The van der Waals surface area contributed by atoms with Crippen molar-refractivity contribution in [3.63, 3.8) is 0 Å². The third kappa shape index (κ3) is 2.64. The molecule has 0 aromatic heterocycles. The highest BCUT2D eigenvalue weighted by Gasteiger charge is 2.36. The van der Waals surface area contributed by atoms with Crippen molar-refractivity contribution in [2.24, 2.45) is 5.92 Å². The topological polar surface area (TPSA) is 15.3 Å². The van der Waals surface area contributed by atoms with Crippen LogP contribution in [0.25, 0.3) is 0 Å². The Morgan fingerprint density at radius 1 is 1.00 bits per heavy atom. The minimum Gasteiger partial charge on any atom is -0.307 e. The van der Waals surface area contributed by atoms with Crippen molar-refractivity contribution < 1.29 is 0 Å². The predicted molar refractivity (Wildman–Crippen MR) is 82.7 cm³/mol. The van der Waals surface area contributed by atoms with Crippen molar-refractivity contribution in [1.29, 1.82) is 0 Å². The maximum atomic E-state index is 4.02. The summed E-state index contributed by atoms with van der Waals surface area (Å²) in [6, 6.07) is 13.3. The van der Waals surface area contributed by atoms with Crippen molar-refractivity contribution in [2.45, 2.75) is 56.7 Å². The van der Waals surface area contributed by atoms with Gasteiger partial charge in [0.15, 0.2) is 0 Å². The van der Waals surface area contributed by atoms with Crippen LogP contribution >= 0.6 is 0 Å². The fraction of sp³-hybridized carbons (Fsp3) is 0.667. The second-order valence-corrected chi connectivity index (χ2v) is 6.95. The van der Waals surface area contributed by atoms with Crippen LogP contribution in [0.3, 0.4) is 0 Å². The monoisotopic (exact) mass is 270 g/mol. The molecule has 20 heavy (non-hydrogen) atoms. The van der Waals surface area contributed by atoms with E-state index in [4.69, 9.17) is 0 Å². The van der Waals surface area contributed by atoms with Gasteiger partial charge in [-0.25, -0.2) is 0 Å². The molecule has 2 heteroatoms. The van der Waals surface area contributed by atoms with E-state index in [-0.39, 0.29) is 0 Å². The van der Waals surface area contributed by atoms with Gasteiger partial charge in [-0.05, 0) is 63.1 Å². The highest BCUT2D eigenvalue weighted by molar-refractivity contribution is 5.21. The predicted octanol–water partition coefficient (Wildman–Crippen LogP) is 3.35. The normalized spacial score (nSPS) is 32.0. The fourth-order valence-electron chi connectivity index (χ4n) is 4.22. The number of benzene rings is 1. The quantitative estimate of drug-likeness (QED) is 0.902. The molecular weight excluding hydrogens is 244 g/mol. The summed E-state index contributed by atoms with van der Waals surface area (Å²) in [7, 11) is 0. The number of piperidine rings is 1. The van der Waals surface area contributed by atoms with Crippen LogP contribution in [0.1, 0.15) is 50.1 Å². The highest BCUT2D eigenvalue weighted by Crippen LogP contribution is 2.42. The fourth-order valence-corrected chi connectivity index (χ4v) is 4.22. The molecule has 3 unspecified atom stereocenters. The molecule has 2 saturated heterocycles. The molecule has 1 aromatic carbocycles. The zero-order chi connectivity index (χ0) is 13.4. The van der Waals surface area contributed by atoms with Crippen molar-refractivity contribution in [2.75, 3.05) is 13.1 Å². The van der Waals surface area contributed by atoms with E-state index in [1.165, 1.54) is 57.2 Å². The SMILES string of the molecule is c1ccc(C(NC2CCN3CCCC3C2)C2CC2)cc1. The van der Waals surface area contributed by atoms with Gasteiger partial charge in [-0.15, -0.1) is 0 Å². The summed E-state index contributed by atoms with van der Waals surface area (Å²) in [5.74, 6) is 0.888. The molecule has 3 aliphatic rings. The Morgan fingerprint density at radius 3 is 2.65 bits per heavy atom. The van der Waals surface area contributed by atoms with Crippen LogP contribution in [0.15, 0.2) is 30.3 Å². The average molecular weight is 270 g/mol. The van der Waals surface area contributed by atoms with Crippen LogP contribution in [-0.2, 0) is 0 Å². The molecular formula is C18H26N2. The van der Waals surface area contributed by atoms with Gasteiger partial charge in [-0.2, -0.15) is 0 Å². The van der Waals surface area contributed by atoms with E-state index in [0.717, 1.165) is 18.0 Å². The lowest BCUT2D eigenvalue weighted by Crippen LogP contribution is -2.46. The van der Waals surface area contributed by atoms with Gasteiger partial charge in [-0.3, -0.25) is 0 Å². The van der Waals surface area contributed by atoms with E-state index in [1.807, 2.05) is 0 Å². The van der Waals surface area contributed by atoms with Crippen molar-refractivity contribution in [3.05, 3.63) is 35.9 Å². The summed E-state index contributed by atoms with van der Waals surface area (Å²) in [5.41, 5.74) is 1.50. The molecule has 1 aromatic rings. The molecule has 3 fully saturated rings. The van der Waals surface area contributed by atoms with Crippen molar-refractivity contribution in [3.8, 4) is 0 Å². The molecule has 2 nitrogen and oxygen atoms in total. The summed E-state index contributed by atoms with van der Waals surface area (Å²) >= 11 is 0. The number of nitrogens with one attached hydrogen (secondary N) is 1. The van der Waals surface area contributed by atoms with Crippen LogP contribution in [-0.4, -0.2) is 30.1 Å². The zero-order valence-electron chi connectivity index (χ0n) is 12.3. The number of fused-ring (bicyclic) bond motifs is 1. The van der Waals surface area contributed by atoms with Gasteiger partial charge in [0.1, 0.15) is 0 Å². The summed E-state index contributed by atoms with van der Waals surface area (Å²) in [6.07, 6.45) is 8.38. The molecule has 2 heterocycles. The smallest absolute Gasteiger partial charge is 0.0351 e. The average Bonchev–Trinajstić information content (AvgIpc) is 3.23. The van der Waals surface area contributed by atoms with E-state index in [9.17, 15) is 0 Å². The molecule has 4 rings (SSSR count). The first-order chi connectivity index (χ1) is 9.90. The first-order valence-corrected chi connectivity index (χ1v) is 8.45. The first kappa shape index (κ1) is 12.8. The Hall–Kier alpha value is -0.860. The van der Waals surface area contributed by atoms with E-state index in [2.05, 4.69) is 40.5 Å². The summed E-state index contributed by atoms with van der Waals surface area (Å²) < 4.78 is 0. The Labute approximate surface area is 122 Å². The molecule has 0 amide bonds. The maximum Gasteiger partial charge on any atom is 0.0351 e. The van der Waals surface area contributed by atoms with Gasteiger partial charge in [-0.1, -0.05) is 30.3 Å². The second kappa shape index (κ2) is 5.50. The summed E-state index contributed by atoms with van der Waals surface area (Å²) in [4.78, 5) is 2.72. The minimum absolute atomic E-state index is 0.606. The number of rotatable bonds is 4. The zero-order valence-corrected chi connectivity index (χ0v) is 12.3. The van der Waals surface area contributed by atoms with E-state index in [1.54, 1.807) is 0 Å². The van der Waals surface area contributed by atoms with Crippen molar-refractivity contribution >= 4 is 0 Å². The minimum atomic E-state index is 0.606. The van der Waals surface area contributed by atoms with Gasteiger partial charge >= 0.3 is 0 Å². The Bertz CT molecular complexity index is 440. The molecule has 1 aliphatic carbocycles. The van der Waals surface area contributed by atoms with Crippen LogP contribution in [0.2, 0.25) is 0 Å². The van der Waals surface area contributed by atoms with Gasteiger partial charge in [0, 0.05) is 18.1 Å². The Morgan fingerprint density at radius 2 is 1.85 bits per heavy atom. The summed E-state index contributed by atoms with van der Waals surface area (Å²) in [6.45, 7) is 2.66. The summed E-state index contributed by atoms with van der Waals surface area (Å²) in [5, 5.41) is 4.02. The van der Waals surface area contributed by atoms with Crippen LogP contribution in [0.4, 0.5) is 0 Å². The molecule has 0 bridgehead atoms. The van der Waals surface area contributed by atoms with E-state index >= 15 is 0 Å². The second-order valence-electron chi connectivity index (χ2n) is 6.95. The molecule has 3 atom stereocenters. The molecule has 108 valence electrons. The molecule has 0 radical (unpaired) electrons. The molecule has 1 saturated carbocycles. The van der Waals surface area contributed by atoms with Gasteiger partial charge in [0.2, 0.25) is 0 Å². The molecule has 2 aliphatic heterocycles. The lowest BCUT2D eigenvalue weighted by molar-refractivity contribution is 0.158. The maximum absolute atomic E-state index is 4.02. The lowest BCUT2D eigenvalue weighted by Gasteiger charge is -2.37. The Balaban J connectivity index is 1.43. The van der Waals surface area contributed by atoms with Crippen LogP contribution in [0.5, 0.6) is 0 Å². The largest absolute Gasteiger partial charge is 0.307 e. The Kier molecular flexibility index (Phi) is 3.53. The third-order valence-electron chi connectivity index (χ3n) is 5.49. The molecule has 0 spiro atoms. The lowest BCUT2D eigenvalue weighted by atomic mass is 9.94. The van der Waals surface area contributed by atoms with Crippen LogP contribution < -0.4 is 5.32 Å². The van der Waals surface area contributed by atoms with Gasteiger partial charge in [0.25, 0.3) is 0 Å².